The Balaban J connectivity index is 2.09. The van der Waals surface area contributed by atoms with E-state index in [9.17, 15) is 0 Å². The zero-order valence-corrected chi connectivity index (χ0v) is 13.0. The van der Waals surface area contributed by atoms with Crippen molar-refractivity contribution in [1.29, 1.82) is 0 Å². The van der Waals surface area contributed by atoms with Crippen LogP contribution in [0.4, 0.5) is 0 Å². The monoisotopic (exact) mass is 321 g/mol. The molecule has 0 aliphatic rings. The molecule has 0 fully saturated rings. The summed E-state index contributed by atoms with van der Waals surface area (Å²) in [4.78, 5) is 4.39. The molecule has 0 aliphatic heterocycles. The summed E-state index contributed by atoms with van der Waals surface area (Å²) < 4.78 is 3.28. The Labute approximate surface area is 123 Å². The van der Waals surface area contributed by atoms with Crippen LogP contribution in [-0.2, 0) is 13.5 Å². The summed E-state index contributed by atoms with van der Waals surface area (Å²) in [6.07, 6.45) is 5.95. The average molecular weight is 322 g/mol. The average Bonchev–Trinajstić information content (AvgIpc) is 2.81. The van der Waals surface area contributed by atoms with Crippen LogP contribution in [0.25, 0.3) is 0 Å². The van der Waals surface area contributed by atoms with Gasteiger partial charge in [0, 0.05) is 36.9 Å². The van der Waals surface area contributed by atoms with Gasteiger partial charge in [0.05, 0.1) is 0 Å². The van der Waals surface area contributed by atoms with Gasteiger partial charge in [0.2, 0.25) is 0 Å². The van der Waals surface area contributed by atoms with E-state index in [1.54, 1.807) is 0 Å². The summed E-state index contributed by atoms with van der Waals surface area (Å²) in [6, 6.07) is 8.47. The molecule has 0 saturated heterocycles. The molecule has 0 radical (unpaired) electrons. The second-order valence-electron chi connectivity index (χ2n) is 4.77. The lowest BCUT2D eigenvalue weighted by Gasteiger charge is -2.18. The smallest absolute Gasteiger partial charge is 0.108 e. The molecule has 4 heteroatoms. The van der Waals surface area contributed by atoms with E-state index in [-0.39, 0.29) is 0 Å². The van der Waals surface area contributed by atoms with Crippen molar-refractivity contribution >= 4 is 15.9 Å². The molecule has 1 aromatic heterocycles. The highest BCUT2D eigenvalue weighted by Crippen LogP contribution is 2.27. The van der Waals surface area contributed by atoms with Gasteiger partial charge in [0.15, 0.2) is 0 Å². The first-order valence-corrected chi connectivity index (χ1v) is 7.37. The number of benzene rings is 1. The first-order chi connectivity index (χ1) is 9.22. The molecule has 1 N–H and O–H groups in total. The summed E-state index contributed by atoms with van der Waals surface area (Å²) >= 11 is 3.65. The largest absolute Gasteiger partial charge is 0.338 e. The number of aryl methyl sites for hydroxylation is 2. The maximum atomic E-state index is 4.39. The van der Waals surface area contributed by atoms with E-state index in [2.05, 4.69) is 55.1 Å². The van der Waals surface area contributed by atoms with E-state index in [0.717, 1.165) is 25.2 Å². The van der Waals surface area contributed by atoms with Crippen molar-refractivity contribution in [3.05, 3.63) is 52.5 Å². The molecule has 0 spiro atoms. The van der Waals surface area contributed by atoms with Gasteiger partial charge in [0.1, 0.15) is 5.82 Å². The third-order valence-electron chi connectivity index (χ3n) is 3.43. The van der Waals surface area contributed by atoms with Crippen molar-refractivity contribution < 1.29 is 0 Å². The third-order valence-corrected chi connectivity index (χ3v) is 4.16. The Bertz CT molecular complexity index is 522. The van der Waals surface area contributed by atoms with Crippen LogP contribution < -0.4 is 5.32 Å². The fourth-order valence-electron chi connectivity index (χ4n) is 2.36. The Morgan fingerprint density at radius 3 is 2.79 bits per heavy atom. The van der Waals surface area contributed by atoms with Gasteiger partial charge in [-0.1, -0.05) is 34.1 Å². The highest BCUT2D eigenvalue weighted by molar-refractivity contribution is 9.10. The van der Waals surface area contributed by atoms with E-state index in [4.69, 9.17) is 0 Å². The molecule has 102 valence electrons. The number of nitrogens with one attached hydrogen (secondary N) is 1. The molecule has 1 atom stereocenters. The standard InChI is InChI=1S/C15H20BrN3/c1-17-11-12(13-5-3-4-6-14(13)16)7-8-15-18-9-10-19(15)2/h3-6,9-10,12,17H,7-8,11H2,1-2H3. The molecule has 1 aromatic carbocycles. The molecule has 0 bridgehead atoms. The molecule has 0 aliphatic carbocycles. The van der Waals surface area contributed by atoms with E-state index in [1.807, 2.05) is 26.5 Å². The number of nitrogens with zero attached hydrogens (tertiary/aromatic N) is 2. The number of likely N-dealkylation sites (N-methyl/N-ethyl adjacent to an activating group) is 1. The van der Waals surface area contributed by atoms with E-state index in [1.165, 1.54) is 10.0 Å². The lowest BCUT2D eigenvalue weighted by molar-refractivity contribution is 0.567. The lowest BCUT2D eigenvalue weighted by Crippen LogP contribution is -2.18. The number of imidazole rings is 1. The third kappa shape index (κ3) is 3.67. The first kappa shape index (κ1) is 14.3. The van der Waals surface area contributed by atoms with Crippen LogP contribution in [0.2, 0.25) is 0 Å². The minimum Gasteiger partial charge on any atom is -0.338 e. The SMILES string of the molecule is CNCC(CCc1nccn1C)c1ccccc1Br. The second kappa shape index (κ2) is 6.87. The van der Waals surface area contributed by atoms with Gasteiger partial charge in [-0.05, 0) is 31.0 Å². The predicted octanol–water partition coefficient (Wildman–Crippen LogP) is 3.12. The molecule has 0 amide bonds. The molecular formula is C15H20BrN3. The fourth-order valence-corrected chi connectivity index (χ4v) is 2.97. The van der Waals surface area contributed by atoms with E-state index < -0.39 is 0 Å². The summed E-state index contributed by atoms with van der Waals surface area (Å²) in [5.74, 6) is 1.64. The van der Waals surface area contributed by atoms with Crippen molar-refractivity contribution in [1.82, 2.24) is 14.9 Å². The van der Waals surface area contributed by atoms with Crippen molar-refractivity contribution in [3.8, 4) is 0 Å². The van der Waals surface area contributed by atoms with Gasteiger partial charge >= 0.3 is 0 Å². The fraction of sp³-hybridized carbons (Fsp3) is 0.400. The second-order valence-corrected chi connectivity index (χ2v) is 5.62. The van der Waals surface area contributed by atoms with Gasteiger partial charge < -0.3 is 9.88 Å². The number of hydrogen-bond donors (Lipinski definition) is 1. The minimum absolute atomic E-state index is 0.497. The van der Waals surface area contributed by atoms with Crippen LogP contribution >= 0.6 is 15.9 Å². The summed E-state index contributed by atoms with van der Waals surface area (Å²) in [5, 5.41) is 3.29. The number of rotatable bonds is 6. The van der Waals surface area contributed by atoms with Crippen molar-refractivity contribution in [2.75, 3.05) is 13.6 Å². The number of hydrogen-bond acceptors (Lipinski definition) is 2. The zero-order valence-electron chi connectivity index (χ0n) is 11.4. The quantitative estimate of drug-likeness (QED) is 0.886. The molecule has 1 heterocycles. The van der Waals surface area contributed by atoms with Gasteiger partial charge in [-0.25, -0.2) is 4.98 Å². The molecular weight excluding hydrogens is 302 g/mol. The lowest BCUT2D eigenvalue weighted by atomic mass is 9.94. The van der Waals surface area contributed by atoms with Crippen molar-refractivity contribution in [2.24, 2.45) is 7.05 Å². The highest BCUT2D eigenvalue weighted by atomic mass is 79.9. The number of halogens is 1. The Morgan fingerprint density at radius 2 is 2.16 bits per heavy atom. The first-order valence-electron chi connectivity index (χ1n) is 6.57. The van der Waals surface area contributed by atoms with Crippen LogP contribution in [0.3, 0.4) is 0 Å². The maximum Gasteiger partial charge on any atom is 0.108 e. The number of aromatic nitrogens is 2. The molecule has 0 saturated carbocycles. The van der Waals surface area contributed by atoms with E-state index in [0.29, 0.717) is 5.92 Å². The van der Waals surface area contributed by atoms with Crippen LogP contribution in [0.15, 0.2) is 41.1 Å². The normalized spacial score (nSPS) is 12.6. The van der Waals surface area contributed by atoms with Crippen LogP contribution in [-0.4, -0.2) is 23.1 Å². The Kier molecular flexibility index (Phi) is 5.16. The minimum atomic E-state index is 0.497. The van der Waals surface area contributed by atoms with Gasteiger partial charge in [0.25, 0.3) is 0 Å². The van der Waals surface area contributed by atoms with Crippen LogP contribution in [0.1, 0.15) is 23.7 Å². The van der Waals surface area contributed by atoms with Crippen molar-refractivity contribution in [2.45, 2.75) is 18.8 Å². The summed E-state index contributed by atoms with van der Waals surface area (Å²) in [5.41, 5.74) is 1.37. The van der Waals surface area contributed by atoms with Gasteiger partial charge in [-0.3, -0.25) is 0 Å². The molecule has 2 rings (SSSR count). The summed E-state index contributed by atoms with van der Waals surface area (Å²) in [7, 11) is 4.05. The molecule has 19 heavy (non-hydrogen) atoms. The van der Waals surface area contributed by atoms with Crippen LogP contribution in [0.5, 0.6) is 0 Å². The molecule has 1 unspecified atom stereocenters. The Hall–Kier alpha value is -1.13. The summed E-state index contributed by atoms with van der Waals surface area (Å²) in [6.45, 7) is 0.979. The maximum absolute atomic E-state index is 4.39. The van der Waals surface area contributed by atoms with E-state index >= 15 is 0 Å². The van der Waals surface area contributed by atoms with Crippen LogP contribution in [0, 0.1) is 0 Å². The zero-order chi connectivity index (χ0) is 13.7. The molecule has 2 aromatic rings. The van der Waals surface area contributed by atoms with Gasteiger partial charge in [-0.2, -0.15) is 0 Å². The Morgan fingerprint density at radius 1 is 1.37 bits per heavy atom. The van der Waals surface area contributed by atoms with Crippen molar-refractivity contribution in [3.63, 3.8) is 0 Å². The topological polar surface area (TPSA) is 29.9 Å². The highest BCUT2D eigenvalue weighted by Gasteiger charge is 2.14. The van der Waals surface area contributed by atoms with Gasteiger partial charge in [-0.15, -0.1) is 0 Å². The molecule has 3 nitrogen and oxygen atoms in total. The predicted molar refractivity (Wildman–Crippen MR) is 82.3 cm³/mol.